The molecule has 2 atom stereocenters. The Morgan fingerprint density at radius 1 is 1.15 bits per heavy atom. The van der Waals surface area contributed by atoms with Crippen molar-refractivity contribution < 1.29 is 0 Å². The molecule has 3 N–H and O–H groups in total. The first-order chi connectivity index (χ1) is 9.20. The Labute approximate surface area is 125 Å². The number of hydrogen-bond donors (Lipinski definition) is 2. The van der Waals surface area contributed by atoms with E-state index in [1.54, 1.807) is 0 Å². The topological polar surface area (TPSA) is 38.0 Å². The zero-order valence-electron chi connectivity index (χ0n) is 14.3. The van der Waals surface area contributed by atoms with Crippen LogP contribution in [0.1, 0.15) is 63.3 Å². The molecule has 0 radical (unpaired) electrons. The first-order valence-corrected chi connectivity index (χ1v) is 7.77. The molecule has 0 aliphatic carbocycles. The second-order valence-corrected chi connectivity index (χ2v) is 7.20. The van der Waals surface area contributed by atoms with Crippen molar-refractivity contribution in [1.29, 1.82) is 0 Å². The quantitative estimate of drug-likeness (QED) is 0.629. The van der Waals surface area contributed by atoms with Crippen molar-refractivity contribution in [3.63, 3.8) is 0 Å². The second-order valence-electron chi connectivity index (χ2n) is 7.20. The molecule has 0 aliphatic rings. The average Bonchev–Trinajstić information content (AvgIpc) is 2.36. The summed E-state index contributed by atoms with van der Waals surface area (Å²) in [5.74, 6) is 6.33. The maximum absolute atomic E-state index is 5.75. The van der Waals surface area contributed by atoms with Crippen LogP contribution in [0.5, 0.6) is 0 Å². The maximum Gasteiger partial charge on any atom is 0.0276 e. The molecule has 2 nitrogen and oxygen atoms in total. The third-order valence-electron chi connectivity index (χ3n) is 4.53. The average molecular weight is 276 g/mol. The van der Waals surface area contributed by atoms with Gasteiger partial charge in [0.2, 0.25) is 0 Å². The normalized spacial score (nSPS) is 15.2. The lowest BCUT2D eigenvalue weighted by Gasteiger charge is -2.26. The molecule has 114 valence electrons. The van der Waals surface area contributed by atoms with Gasteiger partial charge in [-0.25, -0.2) is 0 Å². The zero-order valence-corrected chi connectivity index (χ0v) is 14.3. The summed E-state index contributed by atoms with van der Waals surface area (Å²) in [5.41, 5.74) is 8.84. The number of nitrogens with one attached hydrogen (secondary N) is 1. The van der Waals surface area contributed by atoms with Gasteiger partial charge in [-0.2, -0.15) is 0 Å². The predicted molar refractivity (Wildman–Crippen MR) is 88.9 cm³/mol. The molecule has 0 bridgehead atoms. The number of nitrogens with two attached hydrogens (primary N) is 1. The van der Waals surface area contributed by atoms with Gasteiger partial charge in [-0.3, -0.25) is 11.3 Å². The minimum absolute atomic E-state index is 0.205. The van der Waals surface area contributed by atoms with E-state index in [4.69, 9.17) is 5.84 Å². The molecule has 0 fully saturated rings. The summed E-state index contributed by atoms with van der Waals surface area (Å²) < 4.78 is 0. The van der Waals surface area contributed by atoms with Crippen LogP contribution < -0.4 is 11.3 Å². The highest BCUT2D eigenvalue weighted by Crippen LogP contribution is 2.28. The largest absolute Gasteiger partial charge is 0.271 e. The summed E-state index contributed by atoms with van der Waals surface area (Å²) in [7, 11) is 0. The fraction of sp³-hybridized carbons (Fsp3) is 0.667. The monoisotopic (exact) mass is 276 g/mol. The zero-order chi connectivity index (χ0) is 15.5. The van der Waals surface area contributed by atoms with Crippen molar-refractivity contribution in [3.8, 4) is 0 Å². The van der Waals surface area contributed by atoms with E-state index in [1.807, 2.05) is 0 Å². The van der Waals surface area contributed by atoms with Crippen molar-refractivity contribution in [3.05, 3.63) is 34.4 Å². The number of benzene rings is 1. The minimum Gasteiger partial charge on any atom is -0.271 e. The highest BCUT2D eigenvalue weighted by atomic mass is 15.2. The van der Waals surface area contributed by atoms with E-state index in [0.29, 0.717) is 12.0 Å². The van der Waals surface area contributed by atoms with Gasteiger partial charge in [0, 0.05) is 6.04 Å². The van der Waals surface area contributed by atoms with Gasteiger partial charge < -0.3 is 0 Å². The third kappa shape index (κ3) is 4.07. The van der Waals surface area contributed by atoms with E-state index >= 15 is 0 Å². The molecule has 0 aromatic heterocycles. The molecule has 0 saturated carbocycles. The van der Waals surface area contributed by atoms with Gasteiger partial charge >= 0.3 is 0 Å². The molecule has 0 amide bonds. The Morgan fingerprint density at radius 2 is 1.65 bits per heavy atom. The second kappa shape index (κ2) is 6.73. The van der Waals surface area contributed by atoms with Gasteiger partial charge in [0.15, 0.2) is 0 Å². The van der Waals surface area contributed by atoms with Crippen LogP contribution in [0.3, 0.4) is 0 Å². The number of rotatable bonds is 5. The Hall–Kier alpha value is -0.860. The molecule has 20 heavy (non-hydrogen) atoms. The highest BCUT2D eigenvalue weighted by Gasteiger charge is 2.20. The van der Waals surface area contributed by atoms with Crippen molar-refractivity contribution >= 4 is 0 Å². The smallest absolute Gasteiger partial charge is 0.0276 e. The molecule has 0 aliphatic heterocycles. The first-order valence-electron chi connectivity index (χ1n) is 7.77. The van der Waals surface area contributed by atoms with Gasteiger partial charge in [-0.15, -0.1) is 0 Å². The van der Waals surface area contributed by atoms with E-state index in [1.165, 1.54) is 22.3 Å². The lowest BCUT2D eigenvalue weighted by molar-refractivity contribution is 0.369. The molecule has 2 heteroatoms. The molecule has 0 spiro atoms. The van der Waals surface area contributed by atoms with Crippen LogP contribution in [0, 0.1) is 19.8 Å². The molecule has 0 saturated heterocycles. The fourth-order valence-corrected chi connectivity index (χ4v) is 2.68. The molecule has 1 aromatic rings. The summed E-state index contributed by atoms with van der Waals surface area (Å²) in [6.07, 6.45) is 2.15. The van der Waals surface area contributed by atoms with Gasteiger partial charge in [-0.05, 0) is 53.9 Å². The molecular formula is C18H32N2. The maximum atomic E-state index is 5.75. The summed E-state index contributed by atoms with van der Waals surface area (Å²) >= 11 is 0. The predicted octanol–water partition coefficient (Wildman–Crippen LogP) is 4.02. The van der Waals surface area contributed by atoms with Gasteiger partial charge in [0.05, 0.1) is 0 Å². The van der Waals surface area contributed by atoms with Crippen molar-refractivity contribution in [2.45, 2.75) is 72.8 Å². The van der Waals surface area contributed by atoms with E-state index in [9.17, 15) is 0 Å². The van der Waals surface area contributed by atoms with Crippen molar-refractivity contribution in [2.24, 2.45) is 11.8 Å². The minimum atomic E-state index is 0.205. The molecule has 1 rings (SSSR count). The van der Waals surface area contributed by atoms with E-state index in [2.05, 4.69) is 66.0 Å². The number of aryl methyl sites for hydroxylation is 2. The molecule has 2 unspecified atom stereocenters. The SMILES string of the molecule is CCC(C)C(Cc1c(C)cc(C(C)(C)C)cc1C)NN. The van der Waals surface area contributed by atoms with E-state index < -0.39 is 0 Å². The third-order valence-corrected chi connectivity index (χ3v) is 4.53. The Morgan fingerprint density at radius 3 is 2.00 bits per heavy atom. The summed E-state index contributed by atoms with van der Waals surface area (Å²) in [6.45, 7) is 15.7. The standard InChI is InChI=1S/C18H32N2/c1-8-12(2)17(20-19)11-16-13(3)9-15(10-14(16)4)18(5,6)7/h9-10,12,17,20H,8,11,19H2,1-7H3. The van der Waals surface area contributed by atoms with Gasteiger partial charge in [-0.1, -0.05) is 53.2 Å². The van der Waals surface area contributed by atoms with E-state index in [-0.39, 0.29) is 5.41 Å². The summed E-state index contributed by atoms with van der Waals surface area (Å²) in [5, 5.41) is 0. The van der Waals surface area contributed by atoms with Crippen LogP contribution in [0.2, 0.25) is 0 Å². The molecule has 0 heterocycles. The molecular weight excluding hydrogens is 244 g/mol. The van der Waals surface area contributed by atoms with Crippen LogP contribution in [0.15, 0.2) is 12.1 Å². The van der Waals surface area contributed by atoms with Crippen LogP contribution in [-0.2, 0) is 11.8 Å². The molecule has 1 aromatic carbocycles. The van der Waals surface area contributed by atoms with Crippen LogP contribution >= 0.6 is 0 Å². The van der Waals surface area contributed by atoms with Gasteiger partial charge in [0.1, 0.15) is 0 Å². The summed E-state index contributed by atoms with van der Waals surface area (Å²) in [4.78, 5) is 0. The fourth-order valence-electron chi connectivity index (χ4n) is 2.68. The Bertz CT molecular complexity index is 420. The highest BCUT2D eigenvalue weighted by molar-refractivity contribution is 5.41. The Balaban J connectivity index is 3.08. The van der Waals surface area contributed by atoms with E-state index in [0.717, 1.165) is 12.8 Å². The van der Waals surface area contributed by atoms with Crippen molar-refractivity contribution in [2.75, 3.05) is 0 Å². The van der Waals surface area contributed by atoms with Crippen LogP contribution in [0.4, 0.5) is 0 Å². The summed E-state index contributed by atoms with van der Waals surface area (Å²) in [6, 6.07) is 5.02. The lowest BCUT2D eigenvalue weighted by Crippen LogP contribution is -2.41. The van der Waals surface area contributed by atoms with Crippen LogP contribution in [-0.4, -0.2) is 6.04 Å². The number of hydrogen-bond acceptors (Lipinski definition) is 2. The van der Waals surface area contributed by atoms with Crippen LogP contribution in [0.25, 0.3) is 0 Å². The first kappa shape index (κ1) is 17.2. The lowest BCUT2D eigenvalue weighted by atomic mass is 9.82. The van der Waals surface area contributed by atoms with Crippen molar-refractivity contribution in [1.82, 2.24) is 5.43 Å². The van der Waals surface area contributed by atoms with Gasteiger partial charge in [0.25, 0.3) is 0 Å². The Kier molecular flexibility index (Phi) is 5.79. The number of hydrazine groups is 1.